The van der Waals surface area contributed by atoms with E-state index in [-0.39, 0.29) is 0 Å². The normalized spacial score (nSPS) is 10.8. The Hall–Kier alpha value is -1.01. The summed E-state index contributed by atoms with van der Waals surface area (Å²) in [6.07, 6.45) is 0. The summed E-state index contributed by atoms with van der Waals surface area (Å²) < 4.78 is 0. The fraction of sp³-hybridized carbons (Fsp3) is 0.500. The highest BCUT2D eigenvalue weighted by Gasteiger charge is 2.01. The van der Waals surface area contributed by atoms with Crippen LogP contribution < -0.4 is 11.5 Å². The van der Waals surface area contributed by atoms with Gasteiger partial charge in [0.15, 0.2) is 5.16 Å². The van der Waals surface area contributed by atoms with Crippen LogP contribution in [0.15, 0.2) is 11.2 Å². The van der Waals surface area contributed by atoms with E-state index < -0.39 is 0 Å². The Bertz CT molecular complexity index is 282. The van der Waals surface area contributed by atoms with Crippen LogP contribution in [0.25, 0.3) is 0 Å². The summed E-state index contributed by atoms with van der Waals surface area (Å²) in [4.78, 5) is 10.2. The number of hydrogen-bond donors (Lipinski definition) is 2. The number of hydrogen-bond acceptors (Lipinski definition) is 6. The summed E-state index contributed by atoms with van der Waals surface area (Å²) in [6, 6.07) is 1.55. The molecule has 0 saturated heterocycles. The van der Waals surface area contributed by atoms with Gasteiger partial charge in [0.05, 0.1) is 0 Å². The van der Waals surface area contributed by atoms with E-state index in [1.165, 1.54) is 0 Å². The molecule has 0 aliphatic heterocycles. The maximum Gasteiger partial charge on any atom is 0.191 e. The lowest BCUT2D eigenvalue weighted by molar-refractivity contribution is 0.437. The van der Waals surface area contributed by atoms with Gasteiger partial charge >= 0.3 is 0 Å². The minimum absolute atomic E-state index is 0.421. The van der Waals surface area contributed by atoms with E-state index in [2.05, 4.69) is 14.9 Å². The molecule has 0 unspecified atom stereocenters. The minimum atomic E-state index is 0.421. The third kappa shape index (κ3) is 3.80. The lowest BCUT2D eigenvalue weighted by Gasteiger charge is -2.08. The third-order valence-corrected chi connectivity index (χ3v) is 2.34. The van der Waals surface area contributed by atoms with Crippen LogP contribution in [-0.2, 0) is 0 Å². The number of anilines is 2. The van der Waals surface area contributed by atoms with Crippen molar-refractivity contribution in [1.82, 2.24) is 14.9 Å². The maximum absolute atomic E-state index is 5.54. The molecule has 5 nitrogen and oxygen atoms in total. The van der Waals surface area contributed by atoms with Crippen molar-refractivity contribution in [3.8, 4) is 0 Å². The second-order valence-electron chi connectivity index (χ2n) is 3.15. The Balaban J connectivity index is 2.50. The SMILES string of the molecule is CN(C)CCSc1nc(N)cc(N)n1. The van der Waals surface area contributed by atoms with Crippen molar-refractivity contribution in [3.63, 3.8) is 0 Å². The molecule has 1 aromatic heterocycles. The molecule has 14 heavy (non-hydrogen) atoms. The Morgan fingerprint density at radius 3 is 2.36 bits per heavy atom. The van der Waals surface area contributed by atoms with Crippen LogP contribution >= 0.6 is 11.8 Å². The molecule has 4 N–H and O–H groups in total. The van der Waals surface area contributed by atoms with Gasteiger partial charge in [0.2, 0.25) is 0 Å². The molecule has 0 atom stereocenters. The van der Waals surface area contributed by atoms with Gasteiger partial charge in [-0.25, -0.2) is 9.97 Å². The predicted octanol–water partition coefficient (Wildman–Crippen LogP) is 0.295. The number of rotatable bonds is 4. The van der Waals surface area contributed by atoms with Crippen molar-refractivity contribution in [1.29, 1.82) is 0 Å². The van der Waals surface area contributed by atoms with Gasteiger partial charge in [-0.2, -0.15) is 0 Å². The first-order valence-electron chi connectivity index (χ1n) is 4.25. The van der Waals surface area contributed by atoms with Gasteiger partial charge in [0, 0.05) is 18.4 Å². The van der Waals surface area contributed by atoms with Crippen LogP contribution in [0, 0.1) is 0 Å². The molecule has 0 saturated carbocycles. The Labute approximate surface area is 87.9 Å². The van der Waals surface area contributed by atoms with Crippen molar-refractivity contribution >= 4 is 23.4 Å². The van der Waals surface area contributed by atoms with Crippen molar-refractivity contribution in [3.05, 3.63) is 6.07 Å². The van der Waals surface area contributed by atoms with Gasteiger partial charge in [-0.15, -0.1) is 0 Å². The minimum Gasteiger partial charge on any atom is -0.383 e. The summed E-state index contributed by atoms with van der Waals surface area (Å²) in [5.74, 6) is 1.77. The molecule has 0 aliphatic rings. The number of nitrogen functional groups attached to an aromatic ring is 2. The van der Waals surface area contributed by atoms with Crippen LogP contribution in [0.4, 0.5) is 11.6 Å². The van der Waals surface area contributed by atoms with Crippen LogP contribution in [-0.4, -0.2) is 41.3 Å². The number of thioether (sulfide) groups is 1. The van der Waals surface area contributed by atoms with E-state index in [9.17, 15) is 0 Å². The molecule has 0 aliphatic carbocycles. The molecule has 0 radical (unpaired) electrons. The zero-order valence-electron chi connectivity index (χ0n) is 8.40. The molecule has 0 bridgehead atoms. The molecule has 0 aromatic carbocycles. The van der Waals surface area contributed by atoms with Gasteiger partial charge in [0.25, 0.3) is 0 Å². The average molecular weight is 213 g/mol. The third-order valence-electron chi connectivity index (χ3n) is 1.51. The number of nitrogens with zero attached hydrogens (tertiary/aromatic N) is 3. The molecule has 1 aromatic rings. The molecular weight excluding hydrogens is 198 g/mol. The fourth-order valence-electron chi connectivity index (χ4n) is 0.846. The first-order valence-corrected chi connectivity index (χ1v) is 5.24. The Morgan fingerprint density at radius 1 is 1.29 bits per heavy atom. The van der Waals surface area contributed by atoms with Crippen molar-refractivity contribution in [2.75, 3.05) is 37.9 Å². The molecule has 0 spiro atoms. The predicted molar refractivity (Wildman–Crippen MR) is 60.1 cm³/mol. The quantitative estimate of drug-likeness (QED) is 0.553. The van der Waals surface area contributed by atoms with Crippen LogP contribution in [0.3, 0.4) is 0 Å². The second-order valence-corrected chi connectivity index (χ2v) is 4.21. The van der Waals surface area contributed by atoms with Gasteiger partial charge in [0.1, 0.15) is 11.6 Å². The van der Waals surface area contributed by atoms with Gasteiger partial charge in [-0.05, 0) is 14.1 Å². The number of nitrogens with two attached hydrogens (primary N) is 2. The summed E-state index contributed by atoms with van der Waals surface area (Å²) in [5.41, 5.74) is 11.1. The Kier molecular flexibility index (Phi) is 3.97. The first-order chi connectivity index (χ1) is 6.58. The topological polar surface area (TPSA) is 81.1 Å². The van der Waals surface area contributed by atoms with Crippen LogP contribution in [0.1, 0.15) is 0 Å². The number of aromatic nitrogens is 2. The van der Waals surface area contributed by atoms with E-state index in [0.717, 1.165) is 12.3 Å². The highest BCUT2D eigenvalue weighted by Crippen LogP contribution is 2.15. The van der Waals surface area contributed by atoms with E-state index in [4.69, 9.17) is 11.5 Å². The smallest absolute Gasteiger partial charge is 0.191 e. The summed E-state index contributed by atoms with van der Waals surface area (Å²) in [6.45, 7) is 0.975. The molecule has 78 valence electrons. The highest BCUT2D eigenvalue weighted by atomic mass is 32.2. The molecular formula is C8H15N5S. The molecule has 1 heterocycles. The lowest BCUT2D eigenvalue weighted by atomic mass is 10.5. The van der Waals surface area contributed by atoms with E-state index in [1.54, 1.807) is 17.8 Å². The van der Waals surface area contributed by atoms with Crippen molar-refractivity contribution in [2.24, 2.45) is 0 Å². The van der Waals surface area contributed by atoms with Crippen molar-refractivity contribution < 1.29 is 0 Å². The lowest BCUT2D eigenvalue weighted by Crippen LogP contribution is -2.15. The summed E-state index contributed by atoms with van der Waals surface area (Å²) in [7, 11) is 4.05. The molecule has 6 heteroatoms. The van der Waals surface area contributed by atoms with Gasteiger partial charge in [-0.3, -0.25) is 0 Å². The van der Waals surface area contributed by atoms with E-state index in [1.807, 2.05) is 14.1 Å². The Morgan fingerprint density at radius 2 is 1.86 bits per heavy atom. The standard InChI is InChI=1S/C8H15N5S/c1-13(2)3-4-14-8-11-6(9)5-7(10)12-8/h5H,3-4H2,1-2H3,(H4,9,10,11,12). The maximum atomic E-state index is 5.54. The van der Waals surface area contributed by atoms with Crippen molar-refractivity contribution in [2.45, 2.75) is 5.16 Å². The van der Waals surface area contributed by atoms with E-state index >= 15 is 0 Å². The summed E-state index contributed by atoms with van der Waals surface area (Å²) in [5, 5.41) is 0.643. The highest BCUT2D eigenvalue weighted by molar-refractivity contribution is 7.99. The molecule has 0 amide bonds. The van der Waals surface area contributed by atoms with E-state index in [0.29, 0.717) is 16.8 Å². The monoisotopic (exact) mass is 213 g/mol. The molecule has 0 fully saturated rings. The zero-order chi connectivity index (χ0) is 10.6. The fourth-order valence-corrected chi connectivity index (χ4v) is 1.82. The van der Waals surface area contributed by atoms with Gasteiger partial charge in [-0.1, -0.05) is 11.8 Å². The first kappa shape index (κ1) is 11.1. The van der Waals surface area contributed by atoms with Gasteiger partial charge < -0.3 is 16.4 Å². The summed E-state index contributed by atoms with van der Waals surface area (Å²) >= 11 is 1.55. The average Bonchev–Trinajstić information content (AvgIpc) is 2.01. The van der Waals surface area contributed by atoms with Crippen LogP contribution in [0.2, 0.25) is 0 Å². The molecule has 1 rings (SSSR count). The van der Waals surface area contributed by atoms with Crippen LogP contribution in [0.5, 0.6) is 0 Å². The zero-order valence-corrected chi connectivity index (χ0v) is 9.21. The largest absolute Gasteiger partial charge is 0.383 e. The second kappa shape index (κ2) is 5.02.